The number of nitrogens with one attached hydrogen (secondary N) is 2. The van der Waals surface area contributed by atoms with Crippen LogP contribution in [0.5, 0.6) is 0 Å². The molecule has 0 aromatic carbocycles. The van der Waals surface area contributed by atoms with Crippen LogP contribution in [0.25, 0.3) is 0 Å². The lowest BCUT2D eigenvalue weighted by Crippen LogP contribution is -2.42. The Morgan fingerprint density at radius 1 is 1.44 bits per heavy atom. The highest BCUT2D eigenvalue weighted by Crippen LogP contribution is 2.15. The van der Waals surface area contributed by atoms with Crippen LogP contribution in [0, 0.1) is 5.41 Å². The molecule has 8 nitrogen and oxygen atoms in total. The summed E-state index contributed by atoms with van der Waals surface area (Å²) in [6.07, 6.45) is 0. The molecule has 2 aromatic rings. The van der Waals surface area contributed by atoms with Crippen LogP contribution in [0.1, 0.15) is 4.88 Å². The first-order chi connectivity index (χ1) is 8.52. The predicted molar refractivity (Wildman–Crippen MR) is 65.0 cm³/mol. The van der Waals surface area contributed by atoms with Gasteiger partial charge in [0.05, 0.1) is 6.54 Å². The Bertz CT molecular complexity index is 673. The summed E-state index contributed by atoms with van der Waals surface area (Å²) in [5.74, 6) is -0.481. The molecule has 96 valence electrons. The van der Waals surface area contributed by atoms with Crippen LogP contribution in [0.2, 0.25) is 0 Å². The molecule has 9 heteroatoms. The Morgan fingerprint density at radius 2 is 2.17 bits per heavy atom. The zero-order valence-corrected chi connectivity index (χ0v) is 9.94. The van der Waals surface area contributed by atoms with Crippen LogP contribution in [0.3, 0.4) is 0 Å². The molecule has 6 N–H and O–H groups in total. The highest BCUT2D eigenvalue weighted by atomic mass is 32.1. The molecule has 0 saturated carbocycles. The minimum atomic E-state index is -1.07. The molecular formula is C9H11N5O3S. The zero-order chi connectivity index (χ0) is 13.3. The van der Waals surface area contributed by atoms with Gasteiger partial charge in [0.1, 0.15) is 0 Å². The molecule has 2 rings (SSSR count). The fourth-order valence-electron chi connectivity index (χ4n) is 1.37. The van der Waals surface area contributed by atoms with Gasteiger partial charge in [0.15, 0.2) is 11.6 Å². The van der Waals surface area contributed by atoms with Crippen LogP contribution in [0.15, 0.2) is 22.3 Å². The lowest BCUT2D eigenvalue weighted by molar-refractivity contribution is 0.143. The molecule has 2 aromatic heterocycles. The third-order valence-corrected chi connectivity index (χ3v) is 3.18. The average molecular weight is 269 g/mol. The molecule has 0 aliphatic heterocycles. The van der Waals surface area contributed by atoms with Crippen molar-refractivity contribution < 1.29 is 10.4 Å². The van der Waals surface area contributed by atoms with Crippen molar-refractivity contribution in [1.82, 2.24) is 9.46 Å². The van der Waals surface area contributed by atoms with Gasteiger partial charge in [0.2, 0.25) is 5.49 Å². The number of thiophene rings is 1. The van der Waals surface area contributed by atoms with E-state index in [1.165, 1.54) is 11.3 Å². The highest BCUT2D eigenvalue weighted by Gasteiger charge is 2.14. The summed E-state index contributed by atoms with van der Waals surface area (Å²) in [5, 5.41) is 30.7. The van der Waals surface area contributed by atoms with Gasteiger partial charge in [0, 0.05) is 4.88 Å². The zero-order valence-electron chi connectivity index (χ0n) is 9.12. The number of nitrogens with zero attached hydrogens (tertiary/aromatic N) is 2. The molecule has 0 radical (unpaired) electrons. The summed E-state index contributed by atoms with van der Waals surface area (Å²) in [4.78, 5) is 12.3. The number of aromatic nitrogens is 2. The van der Waals surface area contributed by atoms with Gasteiger partial charge in [-0.2, -0.15) is 0 Å². The van der Waals surface area contributed by atoms with Crippen molar-refractivity contribution in [3.8, 4) is 0 Å². The first kappa shape index (κ1) is 12.0. The van der Waals surface area contributed by atoms with Gasteiger partial charge in [-0.3, -0.25) is 10.2 Å². The van der Waals surface area contributed by atoms with Crippen LogP contribution in [0.4, 0.5) is 11.6 Å². The molecule has 0 amide bonds. The lowest BCUT2D eigenvalue weighted by atomic mass is 10.4. The minimum Gasteiger partial charge on any atom is -0.425 e. The maximum atomic E-state index is 11.4. The third kappa shape index (κ3) is 1.91. The Labute approximate surface area is 105 Å². The van der Waals surface area contributed by atoms with E-state index in [0.29, 0.717) is 6.54 Å². The topological polar surface area (TPSA) is 129 Å². The van der Waals surface area contributed by atoms with Crippen molar-refractivity contribution in [2.24, 2.45) is 0 Å². The summed E-state index contributed by atoms with van der Waals surface area (Å²) < 4.78 is 0.420. The lowest BCUT2D eigenvalue weighted by Gasteiger charge is -2.13. The molecule has 0 aliphatic carbocycles. The maximum absolute atomic E-state index is 11.4. The third-order valence-electron chi connectivity index (χ3n) is 2.30. The second-order valence-corrected chi connectivity index (χ2v) is 4.48. The van der Waals surface area contributed by atoms with E-state index in [1.807, 2.05) is 17.5 Å². The molecular weight excluding hydrogens is 258 g/mol. The molecule has 0 saturated heterocycles. The van der Waals surface area contributed by atoms with Crippen molar-refractivity contribution in [3.05, 3.63) is 38.2 Å². The van der Waals surface area contributed by atoms with E-state index in [4.69, 9.17) is 11.1 Å². The summed E-state index contributed by atoms with van der Waals surface area (Å²) in [7, 11) is 0. The normalized spacial score (nSPS) is 10.4. The van der Waals surface area contributed by atoms with Crippen molar-refractivity contribution >= 4 is 23.0 Å². The van der Waals surface area contributed by atoms with Crippen molar-refractivity contribution in [2.75, 3.05) is 11.1 Å². The van der Waals surface area contributed by atoms with Gasteiger partial charge in [-0.05, 0) is 11.4 Å². The van der Waals surface area contributed by atoms with E-state index in [9.17, 15) is 15.2 Å². The first-order valence-corrected chi connectivity index (χ1v) is 5.77. The van der Waals surface area contributed by atoms with E-state index in [1.54, 1.807) is 0 Å². The Balaban J connectivity index is 2.39. The number of hydrogen-bond donors (Lipinski definition) is 5. The van der Waals surface area contributed by atoms with Crippen LogP contribution >= 0.6 is 11.3 Å². The summed E-state index contributed by atoms with van der Waals surface area (Å²) in [6.45, 7) is 0.333. The van der Waals surface area contributed by atoms with Crippen LogP contribution in [-0.2, 0) is 6.54 Å². The van der Waals surface area contributed by atoms with Gasteiger partial charge in [0.25, 0.3) is 0 Å². The van der Waals surface area contributed by atoms with Crippen LogP contribution < -0.4 is 22.1 Å². The minimum absolute atomic E-state index is 0.160. The predicted octanol–water partition coefficient (Wildman–Crippen LogP) is -0.140. The number of nitrogens with two attached hydrogens (primary N) is 1. The fraction of sp³-hybridized carbons (Fsp3) is 0.111. The smallest absolute Gasteiger partial charge is 0.330 e. The summed E-state index contributed by atoms with van der Waals surface area (Å²) in [5.41, 5.74) is 3.62. The number of anilines is 2. The van der Waals surface area contributed by atoms with Gasteiger partial charge < -0.3 is 21.5 Å². The second-order valence-electron chi connectivity index (χ2n) is 3.44. The maximum Gasteiger partial charge on any atom is 0.330 e. The Morgan fingerprint density at radius 3 is 2.78 bits per heavy atom. The van der Waals surface area contributed by atoms with Gasteiger partial charge in [-0.25, -0.2) is 0 Å². The van der Waals surface area contributed by atoms with Crippen molar-refractivity contribution in [3.63, 3.8) is 0 Å². The highest BCUT2D eigenvalue weighted by molar-refractivity contribution is 7.09. The van der Waals surface area contributed by atoms with Gasteiger partial charge in [-0.15, -0.1) is 20.8 Å². The molecule has 18 heavy (non-hydrogen) atoms. The van der Waals surface area contributed by atoms with Crippen LogP contribution in [-0.4, -0.2) is 19.9 Å². The second kappa shape index (κ2) is 4.45. The quantitative estimate of drug-likeness (QED) is 0.495. The Kier molecular flexibility index (Phi) is 2.98. The van der Waals surface area contributed by atoms with E-state index in [-0.39, 0.29) is 21.1 Å². The molecule has 0 spiro atoms. The molecule has 0 fully saturated rings. The SMILES string of the molecule is N=c1c(=O)n(O)c(NCc2cccs2)c(N)n1O. The molecule has 2 heterocycles. The fourth-order valence-corrected chi connectivity index (χ4v) is 2.02. The molecule has 0 aliphatic rings. The molecule has 0 atom stereocenters. The molecule has 0 unspecified atom stereocenters. The molecule has 0 bridgehead atoms. The standard InChI is InChI=1S/C9H11N5O3S/c10-6-8(12-4-5-2-1-3-18-5)14(17)9(15)7(11)13(6)16/h1-3,11-12,16-17H,4,10H2. The number of nitrogen functional groups attached to an aromatic ring is 1. The van der Waals surface area contributed by atoms with Crippen molar-refractivity contribution in [2.45, 2.75) is 6.54 Å². The average Bonchev–Trinajstić information content (AvgIpc) is 2.87. The van der Waals surface area contributed by atoms with E-state index < -0.39 is 11.0 Å². The van der Waals surface area contributed by atoms with Crippen molar-refractivity contribution in [1.29, 1.82) is 5.41 Å². The van der Waals surface area contributed by atoms with E-state index in [0.717, 1.165) is 4.88 Å². The first-order valence-electron chi connectivity index (χ1n) is 4.89. The van der Waals surface area contributed by atoms with E-state index in [2.05, 4.69) is 5.32 Å². The van der Waals surface area contributed by atoms with E-state index >= 15 is 0 Å². The summed E-state index contributed by atoms with van der Waals surface area (Å²) in [6, 6.07) is 3.72. The number of rotatable bonds is 3. The largest absolute Gasteiger partial charge is 0.425 e. The van der Waals surface area contributed by atoms with Gasteiger partial charge >= 0.3 is 5.56 Å². The Hall–Kier alpha value is -2.42. The number of hydrogen-bond acceptors (Lipinski definition) is 7. The van der Waals surface area contributed by atoms with Gasteiger partial charge in [-0.1, -0.05) is 6.07 Å². The monoisotopic (exact) mass is 269 g/mol. The summed E-state index contributed by atoms with van der Waals surface area (Å²) >= 11 is 1.49.